The second-order valence-corrected chi connectivity index (χ2v) is 4.78. The molecule has 1 unspecified atom stereocenters. The topological polar surface area (TPSA) is 64.9 Å². The zero-order valence-corrected chi connectivity index (χ0v) is 9.14. The number of thioether (sulfide) groups is 1. The summed E-state index contributed by atoms with van der Waals surface area (Å²) in [6.45, 7) is 2.00. The van der Waals surface area contributed by atoms with E-state index in [1.54, 1.807) is 0 Å². The number of aryl methyl sites for hydroxylation is 1. The van der Waals surface area contributed by atoms with Gasteiger partial charge in [-0.25, -0.2) is 0 Å². The van der Waals surface area contributed by atoms with Crippen molar-refractivity contribution < 1.29 is 4.52 Å². The number of hydrogen-bond donors (Lipinski definition) is 1. The van der Waals surface area contributed by atoms with Crippen molar-refractivity contribution in [2.75, 3.05) is 11.5 Å². The minimum atomic E-state index is -0.361. The first kappa shape index (κ1) is 9.98. The molecule has 1 fully saturated rings. The Labute approximate surface area is 87.6 Å². The molecule has 0 bridgehead atoms. The highest BCUT2D eigenvalue weighted by molar-refractivity contribution is 7.99. The normalized spacial score (nSPS) is 27.9. The first-order chi connectivity index (χ1) is 6.74. The van der Waals surface area contributed by atoms with Crippen LogP contribution in [0.5, 0.6) is 0 Å². The largest absolute Gasteiger partial charge is 0.339 e. The fraction of sp³-hybridized carbons (Fsp3) is 0.778. The van der Waals surface area contributed by atoms with E-state index in [2.05, 4.69) is 10.1 Å². The SMILES string of the molecule is CCc1nc(C2(N)CCCSC2)no1. The third kappa shape index (κ3) is 1.79. The molecule has 4 nitrogen and oxygen atoms in total. The van der Waals surface area contributed by atoms with E-state index < -0.39 is 0 Å². The monoisotopic (exact) mass is 213 g/mol. The van der Waals surface area contributed by atoms with E-state index in [1.807, 2.05) is 18.7 Å². The summed E-state index contributed by atoms with van der Waals surface area (Å²) in [5.74, 6) is 3.45. The maximum Gasteiger partial charge on any atom is 0.226 e. The van der Waals surface area contributed by atoms with Crippen LogP contribution in [0.25, 0.3) is 0 Å². The lowest BCUT2D eigenvalue weighted by Crippen LogP contribution is -2.42. The van der Waals surface area contributed by atoms with E-state index in [1.165, 1.54) is 5.75 Å². The van der Waals surface area contributed by atoms with Crippen LogP contribution in [0.2, 0.25) is 0 Å². The van der Waals surface area contributed by atoms with E-state index in [-0.39, 0.29) is 5.54 Å². The molecule has 1 saturated heterocycles. The molecule has 0 spiro atoms. The maximum absolute atomic E-state index is 6.24. The van der Waals surface area contributed by atoms with Crippen molar-refractivity contribution >= 4 is 11.8 Å². The van der Waals surface area contributed by atoms with Gasteiger partial charge >= 0.3 is 0 Å². The van der Waals surface area contributed by atoms with Crippen molar-refractivity contribution in [1.29, 1.82) is 0 Å². The standard InChI is InChI=1S/C9H15N3OS/c1-2-7-11-8(12-13-7)9(10)4-3-5-14-6-9/h2-6,10H2,1H3. The minimum absolute atomic E-state index is 0.361. The van der Waals surface area contributed by atoms with E-state index in [9.17, 15) is 0 Å². The van der Waals surface area contributed by atoms with Crippen LogP contribution in [0.1, 0.15) is 31.5 Å². The predicted octanol–water partition coefficient (Wildman–Crippen LogP) is 1.31. The van der Waals surface area contributed by atoms with Gasteiger partial charge in [-0.3, -0.25) is 0 Å². The Hall–Kier alpha value is -0.550. The Morgan fingerprint density at radius 3 is 3.07 bits per heavy atom. The molecule has 0 saturated carbocycles. The third-order valence-electron chi connectivity index (χ3n) is 2.49. The first-order valence-corrected chi connectivity index (χ1v) is 6.10. The molecule has 1 aliphatic heterocycles. The van der Waals surface area contributed by atoms with E-state index in [0.717, 1.165) is 25.0 Å². The Morgan fingerprint density at radius 1 is 1.64 bits per heavy atom. The number of nitrogens with zero attached hydrogens (tertiary/aromatic N) is 2. The van der Waals surface area contributed by atoms with Crippen LogP contribution < -0.4 is 5.73 Å². The summed E-state index contributed by atoms with van der Waals surface area (Å²) in [5.41, 5.74) is 5.88. The highest BCUT2D eigenvalue weighted by atomic mass is 32.2. The molecule has 5 heteroatoms. The van der Waals surface area contributed by atoms with Crippen LogP contribution in [0.3, 0.4) is 0 Å². The summed E-state index contributed by atoms with van der Waals surface area (Å²) >= 11 is 1.87. The number of rotatable bonds is 2. The van der Waals surface area contributed by atoms with Gasteiger partial charge in [0.05, 0.1) is 5.54 Å². The van der Waals surface area contributed by atoms with Crippen molar-refractivity contribution in [2.24, 2.45) is 5.73 Å². The molecule has 1 atom stereocenters. The van der Waals surface area contributed by atoms with Gasteiger partial charge in [-0.1, -0.05) is 12.1 Å². The predicted molar refractivity (Wildman–Crippen MR) is 56.1 cm³/mol. The fourth-order valence-electron chi connectivity index (χ4n) is 1.59. The zero-order chi connectivity index (χ0) is 10.0. The summed E-state index contributed by atoms with van der Waals surface area (Å²) in [6.07, 6.45) is 2.87. The molecular formula is C9H15N3OS. The summed E-state index contributed by atoms with van der Waals surface area (Å²) in [4.78, 5) is 4.31. The first-order valence-electron chi connectivity index (χ1n) is 4.94. The van der Waals surface area contributed by atoms with Gasteiger partial charge < -0.3 is 10.3 Å². The van der Waals surface area contributed by atoms with E-state index in [4.69, 9.17) is 10.3 Å². The number of nitrogens with two attached hydrogens (primary N) is 1. The van der Waals surface area contributed by atoms with Crippen LogP contribution >= 0.6 is 11.8 Å². The Balaban J connectivity index is 2.19. The second-order valence-electron chi connectivity index (χ2n) is 3.68. The summed E-state index contributed by atoms with van der Waals surface area (Å²) in [7, 11) is 0. The van der Waals surface area contributed by atoms with E-state index in [0.29, 0.717) is 11.7 Å². The molecule has 2 heterocycles. The van der Waals surface area contributed by atoms with Gasteiger partial charge in [0, 0.05) is 12.2 Å². The Bertz CT molecular complexity index is 307. The lowest BCUT2D eigenvalue weighted by Gasteiger charge is -2.29. The van der Waals surface area contributed by atoms with Gasteiger partial charge in [0.1, 0.15) is 0 Å². The van der Waals surface area contributed by atoms with Gasteiger partial charge in [0.2, 0.25) is 5.89 Å². The molecule has 2 rings (SSSR count). The minimum Gasteiger partial charge on any atom is -0.339 e. The van der Waals surface area contributed by atoms with Crippen molar-refractivity contribution in [3.63, 3.8) is 0 Å². The highest BCUT2D eigenvalue weighted by Crippen LogP contribution is 2.31. The molecule has 0 aromatic carbocycles. The van der Waals surface area contributed by atoms with Crippen molar-refractivity contribution in [3.05, 3.63) is 11.7 Å². The van der Waals surface area contributed by atoms with Crippen LogP contribution in [-0.4, -0.2) is 21.6 Å². The van der Waals surface area contributed by atoms with Gasteiger partial charge in [0.25, 0.3) is 0 Å². The van der Waals surface area contributed by atoms with Gasteiger partial charge in [-0.05, 0) is 18.6 Å². The zero-order valence-electron chi connectivity index (χ0n) is 8.32. The lowest BCUT2D eigenvalue weighted by molar-refractivity contribution is 0.349. The maximum atomic E-state index is 6.24. The van der Waals surface area contributed by atoms with Crippen molar-refractivity contribution in [2.45, 2.75) is 31.7 Å². The average molecular weight is 213 g/mol. The van der Waals surface area contributed by atoms with Crippen molar-refractivity contribution in [3.8, 4) is 0 Å². The third-order valence-corrected chi connectivity index (χ3v) is 3.78. The average Bonchev–Trinajstić information content (AvgIpc) is 2.67. The number of aromatic nitrogens is 2. The molecule has 1 aliphatic rings. The number of hydrogen-bond acceptors (Lipinski definition) is 5. The molecule has 78 valence electrons. The Kier molecular flexibility index (Phi) is 2.78. The van der Waals surface area contributed by atoms with Crippen LogP contribution in [-0.2, 0) is 12.0 Å². The molecule has 0 radical (unpaired) electrons. The summed E-state index contributed by atoms with van der Waals surface area (Å²) < 4.78 is 5.08. The van der Waals surface area contributed by atoms with Crippen LogP contribution in [0, 0.1) is 0 Å². The lowest BCUT2D eigenvalue weighted by atomic mass is 9.96. The summed E-state index contributed by atoms with van der Waals surface area (Å²) in [5, 5.41) is 3.96. The van der Waals surface area contributed by atoms with Crippen LogP contribution in [0.15, 0.2) is 4.52 Å². The summed E-state index contributed by atoms with van der Waals surface area (Å²) in [6, 6.07) is 0. The molecular weight excluding hydrogens is 198 g/mol. The molecule has 14 heavy (non-hydrogen) atoms. The highest BCUT2D eigenvalue weighted by Gasteiger charge is 2.34. The Morgan fingerprint density at radius 2 is 2.50 bits per heavy atom. The van der Waals surface area contributed by atoms with Crippen molar-refractivity contribution in [1.82, 2.24) is 10.1 Å². The molecule has 2 N–H and O–H groups in total. The molecule has 0 amide bonds. The molecule has 0 aliphatic carbocycles. The molecule has 1 aromatic heterocycles. The van der Waals surface area contributed by atoms with Crippen LogP contribution in [0.4, 0.5) is 0 Å². The quantitative estimate of drug-likeness (QED) is 0.802. The van der Waals surface area contributed by atoms with Gasteiger partial charge in [-0.15, -0.1) is 0 Å². The second kappa shape index (κ2) is 3.90. The van der Waals surface area contributed by atoms with Gasteiger partial charge in [0.15, 0.2) is 5.82 Å². The molecule has 1 aromatic rings. The fourth-order valence-corrected chi connectivity index (χ4v) is 2.72. The van der Waals surface area contributed by atoms with E-state index >= 15 is 0 Å². The van der Waals surface area contributed by atoms with Gasteiger partial charge in [-0.2, -0.15) is 16.7 Å². The smallest absolute Gasteiger partial charge is 0.226 e.